The van der Waals surface area contributed by atoms with Gasteiger partial charge in [0.2, 0.25) is 0 Å². The van der Waals surface area contributed by atoms with Crippen LogP contribution in [0.4, 0.5) is 4.39 Å². The summed E-state index contributed by atoms with van der Waals surface area (Å²) in [6.45, 7) is 5.28. The molecule has 0 saturated carbocycles. The average Bonchev–Trinajstić information content (AvgIpc) is 2.65. The molecule has 1 N–H and O–H groups in total. The van der Waals surface area contributed by atoms with Gasteiger partial charge in [0.05, 0.1) is 7.11 Å². The van der Waals surface area contributed by atoms with Crippen LogP contribution < -0.4 is 10.1 Å². The van der Waals surface area contributed by atoms with E-state index in [1.54, 1.807) is 6.07 Å². The molecular formula is C16H24FNO. The monoisotopic (exact) mass is 265 g/mol. The predicted octanol–water partition coefficient (Wildman–Crippen LogP) is 3.85. The molecule has 2 rings (SSSR count). The minimum Gasteiger partial charge on any atom is -0.494 e. The highest BCUT2D eigenvalue weighted by molar-refractivity contribution is 5.36. The van der Waals surface area contributed by atoms with Gasteiger partial charge >= 0.3 is 0 Å². The molecule has 2 nitrogen and oxygen atoms in total. The topological polar surface area (TPSA) is 21.3 Å². The lowest BCUT2D eigenvalue weighted by Gasteiger charge is -2.39. The first kappa shape index (κ1) is 14.3. The van der Waals surface area contributed by atoms with E-state index in [1.807, 2.05) is 12.1 Å². The summed E-state index contributed by atoms with van der Waals surface area (Å²) in [4.78, 5) is 0. The number of halogens is 1. The Balaban J connectivity index is 2.49. The fourth-order valence-electron chi connectivity index (χ4n) is 3.15. The number of rotatable bonds is 3. The Kier molecular flexibility index (Phi) is 4.46. The molecule has 0 aliphatic carbocycles. The molecule has 1 saturated heterocycles. The molecular weight excluding hydrogens is 241 g/mol. The fourth-order valence-corrected chi connectivity index (χ4v) is 3.15. The number of benzene rings is 1. The summed E-state index contributed by atoms with van der Waals surface area (Å²) in [7, 11) is 1.52. The van der Waals surface area contributed by atoms with Gasteiger partial charge in [-0.05, 0) is 31.4 Å². The van der Waals surface area contributed by atoms with Gasteiger partial charge in [0.25, 0.3) is 0 Å². The van der Waals surface area contributed by atoms with Crippen molar-refractivity contribution in [2.24, 2.45) is 5.92 Å². The first-order chi connectivity index (χ1) is 9.12. The zero-order valence-electron chi connectivity index (χ0n) is 12.1. The van der Waals surface area contributed by atoms with E-state index < -0.39 is 0 Å². The van der Waals surface area contributed by atoms with Gasteiger partial charge in [-0.2, -0.15) is 0 Å². The molecule has 0 amide bonds. The van der Waals surface area contributed by atoms with Gasteiger partial charge in [0.1, 0.15) is 0 Å². The van der Waals surface area contributed by atoms with Gasteiger partial charge in [0, 0.05) is 11.1 Å². The molecule has 1 aromatic rings. The SMILES string of the molecule is COc1cccc(C2(C(C)C)CCCCCN2)c1F. The molecule has 1 unspecified atom stereocenters. The molecule has 0 spiro atoms. The lowest BCUT2D eigenvalue weighted by molar-refractivity contribution is 0.220. The van der Waals surface area contributed by atoms with E-state index in [0.717, 1.165) is 24.9 Å². The van der Waals surface area contributed by atoms with Gasteiger partial charge in [-0.3, -0.25) is 0 Å². The number of nitrogens with one attached hydrogen (secondary N) is 1. The van der Waals surface area contributed by atoms with Crippen LogP contribution in [0.2, 0.25) is 0 Å². The van der Waals surface area contributed by atoms with E-state index in [0.29, 0.717) is 11.7 Å². The van der Waals surface area contributed by atoms with Crippen molar-refractivity contribution in [1.82, 2.24) is 5.32 Å². The van der Waals surface area contributed by atoms with Crippen LogP contribution in [0.1, 0.15) is 45.1 Å². The maximum atomic E-state index is 14.6. The smallest absolute Gasteiger partial charge is 0.170 e. The van der Waals surface area contributed by atoms with E-state index in [4.69, 9.17) is 4.74 Å². The molecule has 0 aromatic heterocycles. The molecule has 1 heterocycles. The van der Waals surface area contributed by atoms with Crippen LogP contribution in [0.25, 0.3) is 0 Å². The third kappa shape index (κ3) is 2.62. The highest BCUT2D eigenvalue weighted by Crippen LogP contribution is 2.39. The molecule has 0 bridgehead atoms. The predicted molar refractivity (Wildman–Crippen MR) is 75.9 cm³/mol. The zero-order chi connectivity index (χ0) is 13.9. The van der Waals surface area contributed by atoms with Gasteiger partial charge in [0.15, 0.2) is 11.6 Å². The molecule has 1 atom stereocenters. The van der Waals surface area contributed by atoms with Crippen LogP contribution in [-0.4, -0.2) is 13.7 Å². The van der Waals surface area contributed by atoms with Gasteiger partial charge in [-0.25, -0.2) is 4.39 Å². The molecule has 1 aromatic carbocycles. The van der Waals surface area contributed by atoms with Gasteiger partial charge in [-0.15, -0.1) is 0 Å². The van der Waals surface area contributed by atoms with Crippen molar-refractivity contribution in [2.75, 3.05) is 13.7 Å². The van der Waals surface area contributed by atoms with Gasteiger partial charge in [-0.1, -0.05) is 38.8 Å². The zero-order valence-corrected chi connectivity index (χ0v) is 12.1. The summed E-state index contributed by atoms with van der Waals surface area (Å²) in [5.74, 6) is 0.462. The van der Waals surface area contributed by atoms with Crippen LogP contribution in [-0.2, 0) is 5.54 Å². The normalized spacial score (nSPS) is 24.3. The Morgan fingerprint density at radius 1 is 1.26 bits per heavy atom. The van der Waals surface area contributed by atoms with E-state index in [2.05, 4.69) is 19.2 Å². The summed E-state index contributed by atoms with van der Waals surface area (Å²) in [5.41, 5.74) is 0.485. The second kappa shape index (κ2) is 5.91. The van der Waals surface area contributed by atoms with Crippen molar-refractivity contribution in [3.05, 3.63) is 29.6 Å². The Bertz CT molecular complexity index is 423. The minimum atomic E-state index is -0.269. The van der Waals surface area contributed by atoms with Crippen LogP contribution in [0.3, 0.4) is 0 Å². The summed E-state index contributed by atoms with van der Waals surface area (Å²) >= 11 is 0. The maximum Gasteiger partial charge on any atom is 0.170 e. The molecule has 1 aliphatic heterocycles. The molecule has 0 radical (unpaired) electrons. The number of hydrogen-bond donors (Lipinski definition) is 1. The Labute approximate surface area is 115 Å². The molecule has 3 heteroatoms. The van der Waals surface area contributed by atoms with E-state index in [9.17, 15) is 4.39 Å². The van der Waals surface area contributed by atoms with Crippen molar-refractivity contribution < 1.29 is 9.13 Å². The lowest BCUT2D eigenvalue weighted by atomic mass is 9.76. The minimum absolute atomic E-state index is 0.215. The van der Waals surface area contributed by atoms with E-state index in [-0.39, 0.29) is 11.4 Å². The highest BCUT2D eigenvalue weighted by Gasteiger charge is 2.38. The molecule has 1 fully saturated rings. The van der Waals surface area contributed by atoms with Gasteiger partial charge < -0.3 is 10.1 Å². The molecule has 106 valence electrons. The Morgan fingerprint density at radius 2 is 2.05 bits per heavy atom. The lowest BCUT2D eigenvalue weighted by Crippen LogP contribution is -2.47. The summed E-state index contributed by atoms with van der Waals surface area (Å²) in [5, 5.41) is 3.61. The number of methoxy groups -OCH3 is 1. The fraction of sp³-hybridized carbons (Fsp3) is 0.625. The van der Waals surface area contributed by atoms with Crippen LogP contribution in [0, 0.1) is 11.7 Å². The van der Waals surface area contributed by atoms with Crippen LogP contribution in [0.5, 0.6) is 5.75 Å². The quantitative estimate of drug-likeness (QED) is 0.896. The van der Waals surface area contributed by atoms with Crippen molar-refractivity contribution >= 4 is 0 Å². The Hall–Kier alpha value is -1.09. The second-order valence-corrected chi connectivity index (χ2v) is 5.69. The highest BCUT2D eigenvalue weighted by atomic mass is 19.1. The third-order valence-corrected chi connectivity index (χ3v) is 4.34. The Morgan fingerprint density at radius 3 is 2.74 bits per heavy atom. The second-order valence-electron chi connectivity index (χ2n) is 5.69. The third-order valence-electron chi connectivity index (χ3n) is 4.34. The number of ether oxygens (including phenoxy) is 1. The number of hydrogen-bond acceptors (Lipinski definition) is 2. The average molecular weight is 265 g/mol. The van der Waals surface area contributed by atoms with Crippen molar-refractivity contribution in [1.29, 1.82) is 0 Å². The standard InChI is InChI=1S/C16H24FNO/c1-12(2)16(10-5-4-6-11-18-16)13-8-7-9-14(19-3)15(13)17/h7-9,12,18H,4-6,10-11H2,1-3H3. The van der Waals surface area contributed by atoms with Crippen molar-refractivity contribution in [2.45, 2.75) is 45.1 Å². The first-order valence-electron chi connectivity index (χ1n) is 7.20. The van der Waals surface area contributed by atoms with Crippen molar-refractivity contribution in [3.8, 4) is 5.75 Å². The molecule has 1 aliphatic rings. The summed E-state index contributed by atoms with van der Waals surface area (Å²) < 4.78 is 19.8. The first-order valence-corrected chi connectivity index (χ1v) is 7.20. The molecule has 19 heavy (non-hydrogen) atoms. The van der Waals surface area contributed by atoms with E-state index >= 15 is 0 Å². The summed E-state index contributed by atoms with van der Waals surface area (Å²) in [6.07, 6.45) is 4.50. The van der Waals surface area contributed by atoms with Crippen LogP contribution >= 0.6 is 0 Å². The summed E-state index contributed by atoms with van der Waals surface area (Å²) in [6, 6.07) is 5.47. The van der Waals surface area contributed by atoms with E-state index in [1.165, 1.54) is 20.0 Å². The van der Waals surface area contributed by atoms with Crippen molar-refractivity contribution in [3.63, 3.8) is 0 Å². The largest absolute Gasteiger partial charge is 0.494 e. The van der Waals surface area contributed by atoms with Crippen LogP contribution in [0.15, 0.2) is 18.2 Å². The maximum absolute atomic E-state index is 14.6.